The van der Waals surface area contributed by atoms with Crippen LogP contribution in [0.2, 0.25) is 0 Å². The second-order valence-corrected chi connectivity index (χ2v) is 9.06. The van der Waals surface area contributed by atoms with E-state index in [0.717, 1.165) is 50.2 Å². The van der Waals surface area contributed by atoms with E-state index in [1.807, 2.05) is 24.3 Å². The number of carbonyl (C=O) groups is 1. The first kappa shape index (κ1) is 26.5. The molecule has 2 aromatic carbocycles. The highest BCUT2D eigenvalue weighted by atomic mass is 35.5. The lowest BCUT2D eigenvalue weighted by Gasteiger charge is -2.39. The van der Waals surface area contributed by atoms with Crippen molar-refractivity contribution in [2.45, 2.75) is 51.5 Å². The lowest BCUT2D eigenvalue weighted by molar-refractivity contribution is -0.134. The number of amides is 1. The Morgan fingerprint density at radius 2 is 1.62 bits per heavy atom. The number of benzene rings is 2. The van der Waals surface area contributed by atoms with Gasteiger partial charge >= 0.3 is 0 Å². The fourth-order valence-electron chi connectivity index (χ4n) is 4.65. The summed E-state index contributed by atoms with van der Waals surface area (Å²) in [5, 5.41) is 0. The minimum atomic E-state index is -0.0492. The quantitative estimate of drug-likeness (QED) is 0.529. The van der Waals surface area contributed by atoms with E-state index in [4.69, 9.17) is 14.2 Å². The largest absolute Gasteiger partial charge is 0.497 e. The summed E-state index contributed by atoms with van der Waals surface area (Å²) in [5.74, 6) is 0.996. The molecule has 0 aromatic heterocycles. The Balaban J connectivity index is 0.00000324. The maximum atomic E-state index is 13.5. The summed E-state index contributed by atoms with van der Waals surface area (Å²) in [6.07, 6.45) is 3.26. The normalized spacial score (nSPS) is 17.4. The van der Waals surface area contributed by atoms with Gasteiger partial charge in [-0.05, 0) is 43.0 Å². The van der Waals surface area contributed by atoms with Gasteiger partial charge in [0.05, 0.1) is 26.7 Å². The molecule has 0 radical (unpaired) electrons. The van der Waals surface area contributed by atoms with Gasteiger partial charge in [-0.2, -0.15) is 0 Å². The van der Waals surface area contributed by atoms with Gasteiger partial charge in [-0.3, -0.25) is 4.79 Å². The van der Waals surface area contributed by atoms with Crippen molar-refractivity contribution in [3.63, 3.8) is 0 Å². The van der Waals surface area contributed by atoms with Crippen LogP contribution in [0.25, 0.3) is 0 Å². The first-order valence-electron chi connectivity index (χ1n) is 12.0. The van der Waals surface area contributed by atoms with E-state index in [1.165, 1.54) is 11.1 Å². The molecule has 1 amide bonds. The Morgan fingerprint density at radius 1 is 1.00 bits per heavy atom. The van der Waals surface area contributed by atoms with E-state index < -0.39 is 0 Å². The molecule has 0 spiro atoms. The minimum absolute atomic E-state index is 0. The first-order valence-corrected chi connectivity index (χ1v) is 12.0. The summed E-state index contributed by atoms with van der Waals surface area (Å²) in [6, 6.07) is 16.6. The number of aryl methyl sites for hydroxylation is 1. The Morgan fingerprint density at radius 3 is 2.24 bits per heavy atom. The maximum Gasteiger partial charge on any atom is 0.227 e. The van der Waals surface area contributed by atoms with Crippen molar-refractivity contribution < 1.29 is 19.0 Å². The van der Waals surface area contributed by atoms with Crippen LogP contribution in [0.15, 0.2) is 48.5 Å². The minimum Gasteiger partial charge on any atom is -0.497 e. The van der Waals surface area contributed by atoms with Gasteiger partial charge in [0.2, 0.25) is 5.91 Å². The van der Waals surface area contributed by atoms with E-state index in [0.29, 0.717) is 26.2 Å². The van der Waals surface area contributed by atoms with E-state index in [9.17, 15) is 4.79 Å². The zero-order valence-corrected chi connectivity index (χ0v) is 21.1. The van der Waals surface area contributed by atoms with Crippen LogP contribution in [0, 0.1) is 6.92 Å². The Labute approximate surface area is 209 Å². The Bertz CT molecular complexity index is 877. The highest BCUT2D eigenvalue weighted by Gasteiger charge is 2.28. The van der Waals surface area contributed by atoms with Crippen LogP contribution in [0.1, 0.15) is 36.0 Å². The van der Waals surface area contributed by atoms with Crippen LogP contribution >= 0.6 is 12.4 Å². The van der Waals surface area contributed by atoms with Gasteiger partial charge in [0.15, 0.2) is 6.29 Å². The van der Waals surface area contributed by atoms with E-state index in [2.05, 4.69) is 41.0 Å². The molecule has 2 aromatic rings. The van der Waals surface area contributed by atoms with Crippen LogP contribution in [0.3, 0.4) is 0 Å². The Hall–Kier alpha value is -2.12. The van der Waals surface area contributed by atoms with Crippen LogP contribution in [0.4, 0.5) is 0 Å². The number of rotatable bonds is 9. The number of likely N-dealkylation sites (tertiary alicyclic amines) is 1. The predicted molar refractivity (Wildman–Crippen MR) is 135 cm³/mol. The van der Waals surface area contributed by atoms with Crippen molar-refractivity contribution in [3.05, 3.63) is 65.2 Å². The molecule has 2 fully saturated rings. The van der Waals surface area contributed by atoms with E-state index in [1.54, 1.807) is 7.11 Å². The number of ether oxygens (including phenoxy) is 3. The topological polar surface area (TPSA) is 51.2 Å². The van der Waals surface area contributed by atoms with Gasteiger partial charge in [-0.15, -0.1) is 12.4 Å². The van der Waals surface area contributed by atoms with Crippen molar-refractivity contribution in [1.82, 2.24) is 9.80 Å². The summed E-state index contributed by atoms with van der Waals surface area (Å²) in [5.41, 5.74) is 3.43. The summed E-state index contributed by atoms with van der Waals surface area (Å²) in [7, 11) is 1.66. The highest BCUT2D eigenvalue weighted by molar-refractivity contribution is 5.85. The van der Waals surface area contributed by atoms with E-state index in [-0.39, 0.29) is 30.6 Å². The van der Waals surface area contributed by atoms with Gasteiger partial charge in [0.1, 0.15) is 5.75 Å². The van der Waals surface area contributed by atoms with Gasteiger partial charge in [0, 0.05) is 38.6 Å². The van der Waals surface area contributed by atoms with Gasteiger partial charge in [-0.1, -0.05) is 42.0 Å². The fraction of sp³-hybridized carbons (Fsp3) is 0.519. The molecule has 2 saturated heterocycles. The average Bonchev–Trinajstić information content (AvgIpc) is 3.37. The van der Waals surface area contributed by atoms with Crippen molar-refractivity contribution in [3.8, 4) is 5.75 Å². The predicted octanol–water partition coefficient (Wildman–Crippen LogP) is 4.22. The SMILES string of the molecule is COc1ccc(CC(=O)N(Cc2ccc(C)cc2)C2CCN(CCC3OCCO3)CC2)cc1.Cl. The molecule has 2 aliphatic heterocycles. The molecule has 34 heavy (non-hydrogen) atoms. The lowest BCUT2D eigenvalue weighted by Crippen LogP contribution is -2.48. The zero-order chi connectivity index (χ0) is 23.0. The third-order valence-corrected chi connectivity index (χ3v) is 6.68. The monoisotopic (exact) mass is 488 g/mol. The smallest absolute Gasteiger partial charge is 0.227 e. The summed E-state index contributed by atoms with van der Waals surface area (Å²) in [4.78, 5) is 18.0. The molecule has 0 bridgehead atoms. The number of piperidine rings is 1. The van der Waals surface area contributed by atoms with E-state index >= 15 is 0 Å². The van der Waals surface area contributed by atoms with Crippen LogP contribution in [-0.4, -0.2) is 68.0 Å². The fourth-order valence-corrected chi connectivity index (χ4v) is 4.65. The zero-order valence-electron chi connectivity index (χ0n) is 20.3. The number of halogens is 1. The molecule has 6 nitrogen and oxygen atoms in total. The standard InChI is InChI=1S/C27H36N2O4.ClH/c1-21-3-5-23(6-4-21)20-29(26(30)19-22-7-9-25(31-2)10-8-22)24-11-14-28(15-12-24)16-13-27-32-17-18-33-27;/h3-10,24,27H,11-20H2,1-2H3;1H. The lowest BCUT2D eigenvalue weighted by atomic mass is 10.00. The molecule has 7 heteroatoms. The summed E-state index contributed by atoms with van der Waals surface area (Å²) in [6.45, 7) is 7.13. The van der Waals surface area contributed by atoms with Crippen molar-refractivity contribution in [2.24, 2.45) is 0 Å². The van der Waals surface area contributed by atoms with Crippen molar-refractivity contribution >= 4 is 18.3 Å². The third-order valence-electron chi connectivity index (χ3n) is 6.68. The summed E-state index contributed by atoms with van der Waals surface area (Å²) < 4.78 is 16.4. The average molecular weight is 489 g/mol. The number of methoxy groups -OCH3 is 1. The molecule has 4 rings (SSSR count). The molecular weight excluding hydrogens is 452 g/mol. The number of hydrogen-bond donors (Lipinski definition) is 0. The maximum absolute atomic E-state index is 13.5. The van der Waals surface area contributed by atoms with Crippen LogP contribution in [-0.2, 0) is 27.2 Å². The number of nitrogens with zero attached hydrogens (tertiary/aromatic N) is 2. The van der Waals surface area contributed by atoms with Gasteiger partial charge < -0.3 is 24.0 Å². The van der Waals surface area contributed by atoms with Crippen molar-refractivity contribution in [1.29, 1.82) is 0 Å². The number of carbonyl (C=O) groups excluding carboxylic acids is 1. The third kappa shape index (κ3) is 7.44. The Kier molecular flexibility index (Phi) is 10.2. The molecule has 0 saturated carbocycles. The molecule has 0 atom stereocenters. The molecule has 2 heterocycles. The second kappa shape index (κ2) is 13.1. The molecule has 0 N–H and O–H groups in total. The second-order valence-electron chi connectivity index (χ2n) is 9.06. The number of hydrogen-bond acceptors (Lipinski definition) is 5. The summed E-state index contributed by atoms with van der Waals surface area (Å²) >= 11 is 0. The van der Waals surface area contributed by atoms with Gasteiger partial charge in [0.25, 0.3) is 0 Å². The van der Waals surface area contributed by atoms with Crippen LogP contribution in [0.5, 0.6) is 5.75 Å². The molecule has 0 aliphatic carbocycles. The molecular formula is C27H37ClN2O4. The molecule has 2 aliphatic rings. The highest BCUT2D eigenvalue weighted by Crippen LogP contribution is 2.22. The molecule has 0 unspecified atom stereocenters. The van der Waals surface area contributed by atoms with Crippen LogP contribution < -0.4 is 4.74 Å². The van der Waals surface area contributed by atoms with Crippen molar-refractivity contribution in [2.75, 3.05) is 40.0 Å². The van der Waals surface area contributed by atoms with Gasteiger partial charge in [-0.25, -0.2) is 0 Å². The first-order chi connectivity index (χ1) is 16.1. The molecule has 186 valence electrons.